The molecule has 1 aromatic carbocycles. The van der Waals surface area contributed by atoms with Crippen molar-refractivity contribution in [2.75, 3.05) is 0 Å². The van der Waals surface area contributed by atoms with Crippen molar-refractivity contribution in [3.8, 4) is 0 Å². The Morgan fingerprint density at radius 1 is 1.45 bits per heavy atom. The van der Waals surface area contributed by atoms with Crippen molar-refractivity contribution in [1.29, 1.82) is 0 Å². The first kappa shape index (κ1) is 14.0. The van der Waals surface area contributed by atoms with Gasteiger partial charge in [0.1, 0.15) is 11.6 Å². The number of benzene rings is 1. The Bertz CT molecular complexity index is 766. The van der Waals surface area contributed by atoms with Gasteiger partial charge in [0.25, 0.3) is 0 Å². The minimum absolute atomic E-state index is 0.232. The third-order valence-electron chi connectivity index (χ3n) is 3.09. The van der Waals surface area contributed by atoms with Crippen molar-refractivity contribution in [2.45, 2.75) is 18.8 Å². The molecule has 1 atom stereocenters. The van der Waals surface area contributed by atoms with Crippen LogP contribution in [0.3, 0.4) is 0 Å². The van der Waals surface area contributed by atoms with Gasteiger partial charge < -0.3 is 4.57 Å². The summed E-state index contributed by atoms with van der Waals surface area (Å²) in [6.07, 6.45) is 0. The molecule has 2 nitrogen and oxygen atoms in total. The lowest BCUT2D eigenvalue weighted by Crippen LogP contribution is -2.05. The molecule has 3 rings (SSSR count). The molecular weight excluding hydrogens is 363 g/mol. The maximum atomic E-state index is 13.5. The maximum absolute atomic E-state index is 13.5. The molecule has 0 fully saturated rings. The second kappa shape index (κ2) is 5.47. The van der Waals surface area contributed by atoms with Crippen LogP contribution in [-0.2, 0) is 6.54 Å². The van der Waals surface area contributed by atoms with E-state index in [1.165, 1.54) is 12.1 Å². The molecule has 0 saturated carbocycles. The average molecular weight is 374 g/mol. The predicted octanol–water partition coefficient (Wildman–Crippen LogP) is 5.35. The molecule has 0 N–H and O–H groups in total. The maximum Gasteiger partial charge on any atom is 0.128 e. The van der Waals surface area contributed by atoms with E-state index in [4.69, 9.17) is 11.6 Å². The van der Waals surface area contributed by atoms with E-state index in [9.17, 15) is 4.39 Å². The lowest BCUT2D eigenvalue weighted by molar-refractivity contribution is 0.628. The van der Waals surface area contributed by atoms with E-state index in [1.54, 1.807) is 17.4 Å². The molecule has 0 saturated heterocycles. The molecule has 104 valence electrons. The van der Waals surface area contributed by atoms with Crippen molar-refractivity contribution in [1.82, 2.24) is 9.55 Å². The van der Waals surface area contributed by atoms with Crippen LogP contribution < -0.4 is 0 Å². The average Bonchev–Trinajstić information content (AvgIpc) is 2.95. The molecule has 2 heterocycles. The molecule has 2 aromatic heterocycles. The van der Waals surface area contributed by atoms with E-state index in [0.29, 0.717) is 6.54 Å². The molecule has 0 aliphatic carbocycles. The first-order valence-corrected chi connectivity index (χ1v) is 8.19. The Morgan fingerprint density at radius 3 is 2.90 bits per heavy atom. The first-order valence-electron chi connectivity index (χ1n) is 6.08. The van der Waals surface area contributed by atoms with Crippen molar-refractivity contribution in [2.24, 2.45) is 0 Å². The highest BCUT2D eigenvalue weighted by Crippen LogP contribution is 2.29. The monoisotopic (exact) mass is 372 g/mol. The van der Waals surface area contributed by atoms with Crippen LogP contribution in [-0.4, -0.2) is 9.55 Å². The number of aromatic nitrogens is 2. The largest absolute Gasteiger partial charge is 0.321 e. The number of nitrogens with zero attached hydrogens (tertiary/aromatic N) is 2. The molecule has 0 radical (unpaired) electrons. The minimum Gasteiger partial charge on any atom is -0.321 e. The normalized spacial score (nSPS) is 13.0. The zero-order chi connectivity index (χ0) is 14.3. The Kier molecular flexibility index (Phi) is 3.84. The molecule has 6 heteroatoms. The summed E-state index contributed by atoms with van der Waals surface area (Å²) in [6.45, 7) is 2.50. The van der Waals surface area contributed by atoms with Crippen molar-refractivity contribution in [3.05, 3.63) is 50.6 Å². The van der Waals surface area contributed by atoms with Gasteiger partial charge in [-0.15, -0.1) is 22.9 Å². The predicted molar refractivity (Wildman–Crippen MR) is 85.1 cm³/mol. The van der Waals surface area contributed by atoms with E-state index in [1.807, 2.05) is 22.9 Å². The van der Waals surface area contributed by atoms with Gasteiger partial charge in [0.2, 0.25) is 0 Å². The number of fused-ring (bicyclic) bond motifs is 1. The van der Waals surface area contributed by atoms with Crippen LogP contribution >= 0.6 is 38.9 Å². The van der Waals surface area contributed by atoms with Gasteiger partial charge in [-0.1, -0.05) is 0 Å². The zero-order valence-corrected chi connectivity index (χ0v) is 13.8. The molecular formula is C14H11BrClFN2S. The molecule has 3 aromatic rings. The lowest BCUT2D eigenvalue weighted by Gasteiger charge is -2.10. The van der Waals surface area contributed by atoms with Crippen LogP contribution in [0.1, 0.15) is 23.0 Å². The van der Waals surface area contributed by atoms with Gasteiger partial charge >= 0.3 is 0 Å². The van der Waals surface area contributed by atoms with Crippen LogP contribution in [0.2, 0.25) is 0 Å². The lowest BCUT2D eigenvalue weighted by atomic mass is 10.3. The van der Waals surface area contributed by atoms with Crippen LogP contribution in [0.25, 0.3) is 11.0 Å². The number of halogens is 3. The zero-order valence-electron chi connectivity index (χ0n) is 10.6. The van der Waals surface area contributed by atoms with Crippen molar-refractivity contribution >= 4 is 49.9 Å². The fraction of sp³-hybridized carbons (Fsp3) is 0.214. The number of rotatable bonds is 3. The van der Waals surface area contributed by atoms with Gasteiger partial charge in [0, 0.05) is 9.35 Å². The second-order valence-corrected chi connectivity index (χ2v) is 7.01. The summed E-state index contributed by atoms with van der Waals surface area (Å²) in [7, 11) is 0. The highest BCUT2D eigenvalue weighted by molar-refractivity contribution is 9.10. The van der Waals surface area contributed by atoms with Gasteiger partial charge in [0.05, 0.1) is 23.0 Å². The van der Waals surface area contributed by atoms with E-state index in [0.717, 1.165) is 26.2 Å². The molecule has 0 bridgehead atoms. The Balaban J connectivity index is 2.18. The summed E-state index contributed by atoms with van der Waals surface area (Å²) in [5.74, 6) is 0.491. The SMILES string of the molecule is CC(Cl)c1nc2ccc(F)cc2n1Cc1sccc1Br. The van der Waals surface area contributed by atoms with Crippen molar-refractivity contribution < 1.29 is 4.39 Å². The van der Waals surface area contributed by atoms with Gasteiger partial charge in [-0.05, 0) is 52.5 Å². The summed E-state index contributed by atoms with van der Waals surface area (Å²) >= 11 is 11.4. The second-order valence-electron chi connectivity index (χ2n) is 4.50. The summed E-state index contributed by atoms with van der Waals surface area (Å²) in [4.78, 5) is 5.68. The Morgan fingerprint density at radius 2 is 2.25 bits per heavy atom. The van der Waals surface area contributed by atoms with E-state index in [-0.39, 0.29) is 11.2 Å². The molecule has 20 heavy (non-hydrogen) atoms. The number of alkyl halides is 1. The topological polar surface area (TPSA) is 17.8 Å². The van der Waals surface area contributed by atoms with Gasteiger partial charge in [0.15, 0.2) is 0 Å². The highest BCUT2D eigenvalue weighted by Gasteiger charge is 2.16. The smallest absolute Gasteiger partial charge is 0.128 e. The van der Waals surface area contributed by atoms with Crippen LogP contribution in [0.4, 0.5) is 4.39 Å². The number of thiophene rings is 1. The van der Waals surface area contributed by atoms with Gasteiger partial charge in [-0.3, -0.25) is 0 Å². The quantitative estimate of drug-likeness (QED) is 0.566. The van der Waals surface area contributed by atoms with E-state index >= 15 is 0 Å². The van der Waals surface area contributed by atoms with Crippen LogP contribution in [0, 0.1) is 5.82 Å². The summed E-state index contributed by atoms with van der Waals surface area (Å²) < 4.78 is 16.5. The Labute approximate surface area is 133 Å². The minimum atomic E-state index is -0.266. The third-order valence-corrected chi connectivity index (χ3v) is 5.19. The third kappa shape index (κ3) is 2.50. The van der Waals surface area contributed by atoms with E-state index < -0.39 is 0 Å². The van der Waals surface area contributed by atoms with Crippen LogP contribution in [0.5, 0.6) is 0 Å². The summed E-state index contributed by atoms with van der Waals surface area (Å²) in [5, 5.41) is 1.78. The fourth-order valence-electron chi connectivity index (χ4n) is 2.17. The van der Waals surface area contributed by atoms with Crippen molar-refractivity contribution in [3.63, 3.8) is 0 Å². The van der Waals surface area contributed by atoms with E-state index in [2.05, 4.69) is 20.9 Å². The molecule has 0 amide bonds. The summed E-state index contributed by atoms with van der Waals surface area (Å²) in [6, 6.07) is 6.62. The molecule has 0 aliphatic heterocycles. The number of imidazole rings is 1. The number of hydrogen-bond acceptors (Lipinski definition) is 2. The molecule has 0 aliphatic rings. The number of hydrogen-bond donors (Lipinski definition) is 0. The van der Waals surface area contributed by atoms with Crippen LogP contribution in [0.15, 0.2) is 34.1 Å². The standard InChI is InChI=1S/C14H11BrClFN2S/c1-8(16)14-18-11-3-2-9(17)6-12(11)19(14)7-13-10(15)4-5-20-13/h2-6,8H,7H2,1H3. The van der Waals surface area contributed by atoms with Gasteiger partial charge in [-0.2, -0.15) is 0 Å². The summed E-state index contributed by atoms with van der Waals surface area (Å²) in [5.41, 5.74) is 1.54. The first-order chi connectivity index (χ1) is 9.56. The highest BCUT2D eigenvalue weighted by atomic mass is 79.9. The fourth-order valence-corrected chi connectivity index (χ4v) is 3.80. The Hall–Kier alpha value is -0.910. The molecule has 0 spiro atoms. The van der Waals surface area contributed by atoms with Gasteiger partial charge in [-0.25, -0.2) is 9.37 Å². The molecule has 1 unspecified atom stereocenters.